The van der Waals surface area contributed by atoms with Gasteiger partial charge >= 0.3 is 5.69 Å². The second kappa shape index (κ2) is 7.98. The Bertz CT molecular complexity index is 1070. The van der Waals surface area contributed by atoms with Crippen molar-refractivity contribution in [3.63, 3.8) is 0 Å². The SMILES string of the molecule is Cc1cc(F)cc(C(=O)NC2CCc3nn(Cc4cccnc4)c(=O)n3CC2)c1. The lowest BCUT2D eigenvalue weighted by Crippen LogP contribution is -2.36. The minimum absolute atomic E-state index is 0.0982. The van der Waals surface area contributed by atoms with E-state index in [4.69, 9.17) is 0 Å². The molecule has 0 aliphatic carbocycles. The van der Waals surface area contributed by atoms with E-state index >= 15 is 0 Å². The van der Waals surface area contributed by atoms with Crippen LogP contribution in [0.2, 0.25) is 0 Å². The van der Waals surface area contributed by atoms with Crippen LogP contribution in [-0.2, 0) is 19.5 Å². The van der Waals surface area contributed by atoms with E-state index in [0.717, 1.165) is 11.4 Å². The van der Waals surface area contributed by atoms with E-state index in [1.165, 1.54) is 16.8 Å². The Kier molecular flexibility index (Phi) is 5.24. The minimum Gasteiger partial charge on any atom is -0.349 e. The third-order valence-electron chi connectivity index (χ3n) is 5.11. The predicted octanol–water partition coefficient (Wildman–Crippen LogP) is 2.07. The Balaban J connectivity index is 1.44. The zero-order valence-corrected chi connectivity index (χ0v) is 16.1. The third kappa shape index (κ3) is 4.26. The molecule has 1 N–H and O–H groups in total. The zero-order valence-electron chi connectivity index (χ0n) is 16.1. The molecule has 1 aliphatic rings. The van der Waals surface area contributed by atoms with Gasteiger partial charge in [0.1, 0.15) is 11.6 Å². The van der Waals surface area contributed by atoms with Gasteiger partial charge in [0.2, 0.25) is 0 Å². The summed E-state index contributed by atoms with van der Waals surface area (Å²) in [5, 5.41) is 7.44. The smallest absolute Gasteiger partial charge is 0.346 e. The summed E-state index contributed by atoms with van der Waals surface area (Å²) < 4.78 is 16.7. The van der Waals surface area contributed by atoms with Gasteiger partial charge in [-0.3, -0.25) is 14.3 Å². The number of halogens is 1. The Morgan fingerprint density at radius 2 is 2.17 bits per heavy atom. The summed E-state index contributed by atoms with van der Waals surface area (Å²) in [5.74, 6) is -0.00584. The van der Waals surface area contributed by atoms with E-state index in [0.29, 0.717) is 43.5 Å². The van der Waals surface area contributed by atoms with Crippen LogP contribution in [0.1, 0.15) is 40.2 Å². The van der Waals surface area contributed by atoms with Crippen LogP contribution in [0.3, 0.4) is 0 Å². The largest absolute Gasteiger partial charge is 0.349 e. The molecule has 3 heterocycles. The molecule has 0 fully saturated rings. The van der Waals surface area contributed by atoms with Gasteiger partial charge < -0.3 is 5.32 Å². The lowest BCUT2D eigenvalue weighted by Gasteiger charge is -2.16. The number of nitrogens with zero attached hydrogens (tertiary/aromatic N) is 4. The lowest BCUT2D eigenvalue weighted by atomic mass is 10.1. The number of carbonyl (C=O) groups excluding carboxylic acids is 1. The van der Waals surface area contributed by atoms with Crippen LogP contribution in [0.25, 0.3) is 0 Å². The van der Waals surface area contributed by atoms with E-state index in [9.17, 15) is 14.0 Å². The molecule has 1 aliphatic heterocycles. The van der Waals surface area contributed by atoms with Crippen LogP contribution in [0.5, 0.6) is 0 Å². The molecule has 0 bridgehead atoms. The van der Waals surface area contributed by atoms with Crippen LogP contribution in [0.4, 0.5) is 4.39 Å². The molecule has 0 radical (unpaired) electrons. The Morgan fingerprint density at radius 3 is 2.93 bits per heavy atom. The van der Waals surface area contributed by atoms with Gasteiger partial charge in [-0.05, 0) is 55.2 Å². The first kappa shape index (κ1) is 19.0. The Labute approximate surface area is 167 Å². The van der Waals surface area contributed by atoms with Gasteiger partial charge in [-0.2, -0.15) is 5.10 Å². The van der Waals surface area contributed by atoms with E-state index in [2.05, 4.69) is 15.4 Å². The minimum atomic E-state index is -0.426. The molecule has 2 aromatic heterocycles. The molecule has 29 heavy (non-hydrogen) atoms. The number of aromatic nitrogens is 4. The van der Waals surface area contributed by atoms with Gasteiger partial charge in [-0.1, -0.05) is 6.07 Å². The van der Waals surface area contributed by atoms with E-state index in [1.807, 2.05) is 12.1 Å². The number of benzene rings is 1. The quantitative estimate of drug-likeness (QED) is 0.733. The maximum absolute atomic E-state index is 13.6. The molecule has 1 amide bonds. The van der Waals surface area contributed by atoms with Crippen molar-refractivity contribution in [3.05, 3.63) is 81.5 Å². The summed E-state index contributed by atoms with van der Waals surface area (Å²) in [6.07, 6.45) is 5.28. The summed E-state index contributed by atoms with van der Waals surface area (Å²) >= 11 is 0. The second-order valence-corrected chi connectivity index (χ2v) is 7.38. The maximum Gasteiger partial charge on any atom is 0.346 e. The van der Waals surface area contributed by atoms with Crippen molar-refractivity contribution in [1.82, 2.24) is 24.6 Å². The van der Waals surface area contributed by atoms with Gasteiger partial charge in [-0.25, -0.2) is 13.9 Å². The fourth-order valence-electron chi connectivity index (χ4n) is 3.68. The molecule has 3 aromatic rings. The summed E-state index contributed by atoms with van der Waals surface area (Å²) in [7, 11) is 0. The van der Waals surface area contributed by atoms with Gasteiger partial charge in [-0.15, -0.1) is 0 Å². The molecule has 4 rings (SSSR count). The number of fused-ring (bicyclic) bond motifs is 1. The van der Waals surface area contributed by atoms with Crippen molar-refractivity contribution in [1.29, 1.82) is 0 Å². The number of carbonyl (C=O) groups is 1. The number of nitrogens with one attached hydrogen (secondary N) is 1. The van der Waals surface area contributed by atoms with Crippen LogP contribution < -0.4 is 11.0 Å². The first-order valence-corrected chi connectivity index (χ1v) is 9.63. The van der Waals surface area contributed by atoms with Crippen molar-refractivity contribution in [2.75, 3.05) is 0 Å². The van der Waals surface area contributed by atoms with Crippen molar-refractivity contribution in [2.24, 2.45) is 0 Å². The highest BCUT2D eigenvalue weighted by molar-refractivity contribution is 5.94. The van der Waals surface area contributed by atoms with Crippen molar-refractivity contribution < 1.29 is 9.18 Å². The summed E-state index contributed by atoms with van der Waals surface area (Å²) in [6, 6.07) is 7.92. The molecule has 0 saturated heterocycles. The Morgan fingerprint density at radius 1 is 1.31 bits per heavy atom. The van der Waals surface area contributed by atoms with Crippen LogP contribution >= 0.6 is 0 Å². The van der Waals surface area contributed by atoms with Gasteiger partial charge in [0.25, 0.3) is 5.91 Å². The number of amides is 1. The average molecular weight is 395 g/mol. The average Bonchev–Trinajstić information content (AvgIpc) is 2.85. The molecular weight excluding hydrogens is 373 g/mol. The van der Waals surface area contributed by atoms with E-state index < -0.39 is 5.82 Å². The van der Waals surface area contributed by atoms with Gasteiger partial charge in [0.15, 0.2) is 0 Å². The topological polar surface area (TPSA) is 81.8 Å². The fourth-order valence-corrected chi connectivity index (χ4v) is 3.68. The molecule has 1 aromatic carbocycles. The van der Waals surface area contributed by atoms with Crippen LogP contribution in [0, 0.1) is 12.7 Å². The standard InChI is InChI=1S/C21H22FN5O2/c1-14-9-16(11-17(22)10-14)20(28)24-18-4-5-19-25-27(21(29)26(19)8-6-18)13-15-3-2-7-23-12-15/h2-3,7,9-12,18H,4-6,8,13H2,1H3,(H,24,28). The van der Waals surface area contributed by atoms with E-state index in [1.54, 1.807) is 30.0 Å². The number of rotatable bonds is 4. The van der Waals surface area contributed by atoms with Crippen LogP contribution in [-0.4, -0.2) is 31.3 Å². The Hall–Kier alpha value is -3.29. The van der Waals surface area contributed by atoms with Crippen molar-refractivity contribution in [3.8, 4) is 0 Å². The summed E-state index contributed by atoms with van der Waals surface area (Å²) in [6.45, 7) is 2.61. The summed E-state index contributed by atoms with van der Waals surface area (Å²) in [4.78, 5) is 29.3. The monoisotopic (exact) mass is 395 g/mol. The number of hydrogen-bond donors (Lipinski definition) is 1. The third-order valence-corrected chi connectivity index (χ3v) is 5.11. The molecule has 7 nitrogen and oxygen atoms in total. The second-order valence-electron chi connectivity index (χ2n) is 7.38. The molecule has 1 atom stereocenters. The molecular formula is C21H22FN5O2. The lowest BCUT2D eigenvalue weighted by molar-refractivity contribution is 0.0932. The molecule has 0 saturated carbocycles. The maximum atomic E-state index is 13.6. The summed E-state index contributed by atoms with van der Waals surface area (Å²) in [5.41, 5.74) is 1.77. The molecule has 150 valence electrons. The number of pyridine rings is 1. The fraction of sp³-hybridized carbons (Fsp3) is 0.333. The zero-order chi connectivity index (χ0) is 20.4. The molecule has 8 heteroatoms. The van der Waals surface area contributed by atoms with Gasteiger partial charge in [0, 0.05) is 37.0 Å². The number of aryl methyl sites for hydroxylation is 2. The first-order valence-electron chi connectivity index (χ1n) is 9.63. The normalized spacial score (nSPS) is 16.1. The first-order chi connectivity index (χ1) is 14.0. The highest BCUT2D eigenvalue weighted by Crippen LogP contribution is 2.14. The van der Waals surface area contributed by atoms with Crippen molar-refractivity contribution >= 4 is 5.91 Å². The molecule has 0 spiro atoms. The van der Waals surface area contributed by atoms with E-state index in [-0.39, 0.29) is 17.6 Å². The van der Waals surface area contributed by atoms with Crippen molar-refractivity contribution in [2.45, 2.75) is 45.3 Å². The molecule has 1 unspecified atom stereocenters. The predicted molar refractivity (Wildman–Crippen MR) is 105 cm³/mol. The van der Waals surface area contributed by atoms with Gasteiger partial charge in [0.05, 0.1) is 6.54 Å². The number of hydrogen-bond acceptors (Lipinski definition) is 4. The highest BCUT2D eigenvalue weighted by atomic mass is 19.1. The highest BCUT2D eigenvalue weighted by Gasteiger charge is 2.22. The van der Waals surface area contributed by atoms with Crippen LogP contribution in [0.15, 0.2) is 47.5 Å².